The fraction of sp³-hybridized carbons (Fsp3) is 0.143. The predicted octanol–water partition coefficient (Wildman–Crippen LogP) is 2.96. The minimum Gasteiger partial charge on any atom is -0.398 e. The molecule has 0 atom stereocenters. The summed E-state index contributed by atoms with van der Waals surface area (Å²) in [5, 5.41) is 0. The molecule has 0 aromatic heterocycles. The number of halogens is 2. The highest BCUT2D eigenvalue weighted by atomic mass is 32.2. The molecule has 112 valence electrons. The number of benzene rings is 2. The van der Waals surface area contributed by atoms with E-state index in [2.05, 4.69) is 4.72 Å². The second kappa shape index (κ2) is 5.33. The Kier molecular flexibility index (Phi) is 3.87. The molecule has 0 bridgehead atoms. The quantitative estimate of drug-likeness (QED) is 0.856. The van der Waals surface area contributed by atoms with Gasteiger partial charge >= 0.3 is 0 Å². The Hall–Kier alpha value is -2.15. The van der Waals surface area contributed by atoms with Crippen molar-refractivity contribution in [2.45, 2.75) is 18.7 Å². The van der Waals surface area contributed by atoms with Gasteiger partial charge in [-0.25, -0.2) is 17.2 Å². The normalized spacial score (nSPS) is 11.4. The van der Waals surface area contributed by atoms with E-state index in [-0.39, 0.29) is 10.6 Å². The zero-order valence-electron chi connectivity index (χ0n) is 11.4. The van der Waals surface area contributed by atoms with E-state index in [1.807, 2.05) is 0 Å². The van der Waals surface area contributed by atoms with E-state index in [4.69, 9.17) is 5.73 Å². The highest BCUT2D eigenvalue weighted by Gasteiger charge is 2.22. The summed E-state index contributed by atoms with van der Waals surface area (Å²) in [5.74, 6) is -1.77. The molecule has 2 aromatic carbocycles. The van der Waals surface area contributed by atoms with Gasteiger partial charge in [-0.2, -0.15) is 0 Å². The van der Waals surface area contributed by atoms with Gasteiger partial charge in [-0.15, -0.1) is 0 Å². The molecular formula is C14H14F2N2O2S. The molecule has 0 aliphatic heterocycles. The smallest absolute Gasteiger partial charge is 0.262 e. The van der Waals surface area contributed by atoms with Crippen LogP contribution in [0.1, 0.15) is 11.1 Å². The van der Waals surface area contributed by atoms with Crippen LogP contribution >= 0.6 is 0 Å². The topological polar surface area (TPSA) is 72.2 Å². The van der Waals surface area contributed by atoms with Crippen molar-refractivity contribution in [1.29, 1.82) is 0 Å². The van der Waals surface area contributed by atoms with Crippen molar-refractivity contribution in [2.24, 2.45) is 0 Å². The van der Waals surface area contributed by atoms with E-state index < -0.39 is 21.7 Å². The lowest BCUT2D eigenvalue weighted by Gasteiger charge is -2.14. The van der Waals surface area contributed by atoms with Crippen molar-refractivity contribution in [2.75, 3.05) is 10.5 Å². The fourth-order valence-electron chi connectivity index (χ4n) is 2.02. The molecule has 2 aromatic rings. The molecule has 2 rings (SSSR count). The van der Waals surface area contributed by atoms with E-state index >= 15 is 0 Å². The standard InChI is InChI=1S/C14H14F2N2O2S/c1-8-3-5-12(17)9(2)14(8)21(19,20)18-13-6-4-10(15)7-11(13)16/h3-7,18H,17H2,1-2H3. The van der Waals surface area contributed by atoms with Crippen LogP contribution in [0.4, 0.5) is 20.2 Å². The maximum absolute atomic E-state index is 13.6. The third-order valence-corrected chi connectivity index (χ3v) is 4.74. The number of sulfonamides is 1. The Morgan fingerprint density at radius 2 is 1.76 bits per heavy atom. The van der Waals surface area contributed by atoms with E-state index in [9.17, 15) is 17.2 Å². The zero-order valence-corrected chi connectivity index (χ0v) is 12.3. The molecule has 21 heavy (non-hydrogen) atoms. The first-order valence-electron chi connectivity index (χ1n) is 6.06. The third-order valence-electron chi connectivity index (χ3n) is 3.09. The molecular weight excluding hydrogens is 298 g/mol. The van der Waals surface area contributed by atoms with Crippen LogP contribution in [0.2, 0.25) is 0 Å². The summed E-state index contributed by atoms with van der Waals surface area (Å²) in [6.45, 7) is 3.18. The number of nitrogens with one attached hydrogen (secondary N) is 1. The molecule has 0 saturated carbocycles. The zero-order chi connectivity index (χ0) is 15.8. The Balaban J connectivity index is 2.51. The van der Waals surface area contributed by atoms with Gasteiger partial charge in [-0.3, -0.25) is 4.72 Å². The predicted molar refractivity (Wildman–Crippen MR) is 77.5 cm³/mol. The van der Waals surface area contributed by atoms with Crippen molar-refractivity contribution < 1.29 is 17.2 Å². The van der Waals surface area contributed by atoms with E-state index in [0.717, 1.165) is 12.1 Å². The van der Waals surface area contributed by atoms with Crippen LogP contribution in [0.5, 0.6) is 0 Å². The van der Waals surface area contributed by atoms with E-state index in [1.165, 1.54) is 0 Å². The Bertz CT molecular complexity index is 805. The molecule has 0 saturated heterocycles. The summed E-state index contributed by atoms with van der Waals surface area (Å²) in [6, 6.07) is 5.77. The van der Waals surface area contributed by atoms with Crippen molar-refractivity contribution in [3.05, 3.63) is 53.1 Å². The molecule has 0 aliphatic carbocycles. The Labute approximate surface area is 121 Å². The average molecular weight is 312 g/mol. The summed E-state index contributed by atoms with van der Waals surface area (Å²) in [5.41, 5.74) is 6.57. The lowest BCUT2D eigenvalue weighted by atomic mass is 10.1. The van der Waals surface area contributed by atoms with Crippen LogP contribution < -0.4 is 10.5 Å². The van der Waals surface area contributed by atoms with Crippen molar-refractivity contribution in [3.8, 4) is 0 Å². The summed E-state index contributed by atoms with van der Waals surface area (Å²) in [6.07, 6.45) is 0. The number of anilines is 2. The molecule has 0 radical (unpaired) electrons. The SMILES string of the molecule is Cc1ccc(N)c(C)c1S(=O)(=O)Nc1ccc(F)cc1F. The van der Waals surface area contributed by atoms with Crippen LogP contribution in [0.15, 0.2) is 35.2 Å². The highest BCUT2D eigenvalue weighted by molar-refractivity contribution is 7.92. The minimum atomic E-state index is -4.02. The highest BCUT2D eigenvalue weighted by Crippen LogP contribution is 2.27. The maximum Gasteiger partial charge on any atom is 0.262 e. The van der Waals surface area contributed by atoms with Gasteiger partial charge in [-0.05, 0) is 43.2 Å². The lowest BCUT2D eigenvalue weighted by Crippen LogP contribution is -2.17. The first-order chi connectivity index (χ1) is 9.72. The van der Waals surface area contributed by atoms with Gasteiger partial charge in [0.05, 0.1) is 10.6 Å². The number of aryl methyl sites for hydroxylation is 1. The van der Waals surface area contributed by atoms with Crippen molar-refractivity contribution in [3.63, 3.8) is 0 Å². The summed E-state index contributed by atoms with van der Waals surface area (Å²) >= 11 is 0. The van der Waals surface area contributed by atoms with Gasteiger partial charge in [0, 0.05) is 11.8 Å². The average Bonchev–Trinajstić information content (AvgIpc) is 2.37. The molecule has 0 amide bonds. The summed E-state index contributed by atoms with van der Waals surface area (Å²) in [4.78, 5) is -0.00812. The molecule has 0 aliphatic rings. The summed E-state index contributed by atoms with van der Waals surface area (Å²) in [7, 11) is -4.02. The fourth-order valence-corrected chi connectivity index (χ4v) is 3.59. The Morgan fingerprint density at radius 3 is 2.38 bits per heavy atom. The Morgan fingerprint density at radius 1 is 1.10 bits per heavy atom. The van der Waals surface area contributed by atoms with Gasteiger partial charge in [0.2, 0.25) is 0 Å². The largest absolute Gasteiger partial charge is 0.398 e. The van der Waals surface area contributed by atoms with Crippen LogP contribution in [-0.2, 0) is 10.0 Å². The van der Waals surface area contributed by atoms with Crippen LogP contribution in [0.25, 0.3) is 0 Å². The molecule has 0 unspecified atom stereocenters. The van der Waals surface area contributed by atoms with Crippen LogP contribution in [0.3, 0.4) is 0 Å². The van der Waals surface area contributed by atoms with Crippen LogP contribution in [-0.4, -0.2) is 8.42 Å². The van der Waals surface area contributed by atoms with Crippen LogP contribution in [0, 0.1) is 25.5 Å². The maximum atomic E-state index is 13.6. The minimum absolute atomic E-state index is 0.00812. The third kappa shape index (κ3) is 2.97. The van der Waals surface area contributed by atoms with E-state index in [1.54, 1.807) is 26.0 Å². The number of hydrogen-bond donors (Lipinski definition) is 2. The summed E-state index contributed by atoms with van der Waals surface area (Å²) < 4.78 is 53.4. The number of rotatable bonds is 3. The molecule has 0 heterocycles. The lowest BCUT2D eigenvalue weighted by molar-refractivity contribution is 0.582. The van der Waals surface area contributed by atoms with Gasteiger partial charge in [0.1, 0.15) is 11.6 Å². The van der Waals surface area contributed by atoms with Gasteiger partial charge in [0.15, 0.2) is 0 Å². The molecule has 3 N–H and O–H groups in total. The molecule has 4 nitrogen and oxygen atoms in total. The van der Waals surface area contributed by atoms with Gasteiger partial charge in [0.25, 0.3) is 10.0 Å². The molecule has 7 heteroatoms. The van der Waals surface area contributed by atoms with Gasteiger partial charge in [-0.1, -0.05) is 6.07 Å². The molecule has 0 fully saturated rings. The number of nitrogen functional groups attached to an aromatic ring is 1. The number of hydrogen-bond acceptors (Lipinski definition) is 3. The first kappa shape index (κ1) is 15.2. The monoisotopic (exact) mass is 312 g/mol. The van der Waals surface area contributed by atoms with E-state index in [0.29, 0.717) is 22.9 Å². The molecule has 0 spiro atoms. The second-order valence-electron chi connectivity index (χ2n) is 4.66. The van der Waals surface area contributed by atoms with Crippen molar-refractivity contribution >= 4 is 21.4 Å². The van der Waals surface area contributed by atoms with Crippen molar-refractivity contribution in [1.82, 2.24) is 0 Å². The van der Waals surface area contributed by atoms with Gasteiger partial charge < -0.3 is 5.73 Å². The second-order valence-corrected chi connectivity index (χ2v) is 6.27. The number of nitrogens with two attached hydrogens (primary N) is 1. The first-order valence-corrected chi connectivity index (χ1v) is 7.54.